The molecular formula is C20H23F3N4O4S. The van der Waals surface area contributed by atoms with E-state index in [9.17, 15) is 30.7 Å². The van der Waals surface area contributed by atoms with Crippen molar-refractivity contribution in [2.75, 3.05) is 31.2 Å². The van der Waals surface area contributed by atoms with Gasteiger partial charge in [0.25, 0.3) is 11.8 Å². The van der Waals surface area contributed by atoms with E-state index < -0.39 is 59.3 Å². The Kier molecular flexibility index (Phi) is 6.91. The van der Waals surface area contributed by atoms with E-state index in [0.717, 1.165) is 10.6 Å². The van der Waals surface area contributed by atoms with Gasteiger partial charge in [0.05, 0.1) is 29.9 Å². The van der Waals surface area contributed by atoms with Gasteiger partial charge in [0.2, 0.25) is 5.91 Å². The number of benzene rings is 1. The molecule has 2 heterocycles. The van der Waals surface area contributed by atoms with Crippen LogP contribution in [0.3, 0.4) is 0 Å². The molecule has 0 saturated carbocycles. The van der Waals surface area contributed by atoms with Crippen molar-refractivity contribution in [3.63, 3.8) is 0 Å². The van der Waals surface area contributed by atoms with Crippen molar-refractivity contribution in [1.29, 1.82) is 0 Å². The maximum atomic E-state index is 13.9. The van der Waals surface area contributed by atoms with E-state index in [1.165, 1.54) is 12.3 Å². The Labute approximate surface area is 183 Å². The second-order valence-electron chi connectivity index (χ2n) is 7.64. The number of nitrogens with zero attached hydrogens (tertiary/aromatic N) is 2. The van der Waals surface area contributed by atoms with Gasteiger partial charge in [-0.2, -0.15) is 8.42 Å². The van der Waals surface area contributed by atoms with Crippen LogP contribution in [0.15, 0.2) is 30.5 Å². The number of fused-ring (bicyclic) bond motifs is 1. The van der Waals surface area contributed by atoms with E-state index in [1.54, 1.807) is 25.2 Å². The Balaban J connectivity index is 1.67. The van der Waals surface area contributed by atoms with Gasteiger partial charge in [0.1, 0.15) is 0 Å². The third-order valence-electron chi connectivity index (χ3n) is 5.30. The zero-order chi connectivity index (χ0) is 23.5. The van der Waals surface area contributed by atoms with Gasteiger partial charge in [-0.15, -0.1) is 3.89 Å². The van der Waals surface area contributed by atoms with Gasteiger partial charge < -0.3 is 15.5 Å². The molecule has 1 fully saturated rings. The van der Waals surface area contributed by atoms with Crippen LogP contribution in [0.4, 0.5) is 18.4 Å². The summed E-state index contributed by atoms with van der Waals surface area (Å²) in [7, 11) is -2.99. The lowest BCUT2D eigenvalue weighted by atomic mass is 10.1. The largest absolute Gasteiger partial charge is 0.388 e. The molecule has 174 valence electrons. The molecule has 0 spiro atoms. The SMILES string of the molecule is CNc1ccc2nccc(C(=O)NCC(=O)N3CC(F)(F)CC3CCCS(=O)(=O)F)c2c1. The van der Waals surface area contributed by atoms with E-state index in [-0.39, 0.29) is 18.4 Å². The van der Waals surface area contributed by atoms with Crippen LogP contribution in [-0.4, -0.2) is 68.0 Å². The number of aromatic nitrogens is 1. The van der Waals surface area contributed by atoms with Crippen LogP contribution in [0.25, 0.3) is 10.9 Å². The van der Waals surface area contributed by atoms with Gasteiger partial charge in [0.15, 0.2) is 0 Å². The molecule has 1 saturated heterocycles. The fraction of sp³-hybridized carbons (Fsp3) is 0.450. The number of hydrogen-bond acceptors (Lipinski definition) is 6. The summed E-state index contributed by atoms with van der Waals surface area (Å²) in [6, 6.07) is 5.82. The van der Waals surface area contributed by atoms with Crippen molar-refractivity contribution in [3.8, 4) is 0 Å². The number of carbonyl (C=O) groups is 2. The van der Waals surface area contributed by atoms with Crippen LogP contribution in [0.5, 0.6) is 0 Å². The lowest BCUT2D eigenvalue weighted by molar-refractivity contribution is -0.132. The normalized spacial score (nSPS) is 18.0. The molecule has 0 aliphatic carbocycles. The molecule has 1 aliphatic rings. The van der Waals surface area contributed by atoms with Crippen LogP contribution in [-0.2, 0) is 15.0 Å². The van der Waals surface area contributed by atoms with Crippen molar-refractivity contribution in [2.45, 2.75) is 31.2 Å². The van der Waals surface area contributed by atoms with Crippen LogP contribution >= 0.6 is 0 Å². The molecule has 1 aliphatic heterocycles. The number of rotatable bonds is 8. The molecule has 1 aromatic carbocycles. The first-order valence-corrected chi connectivity index (χ1v) is 11.5. The maximum absolute atomic E-state index is 13.9. The topological polar surface area (TPSA) is 108 Å². The Morgan fingerprint density at radius 3 is 2.72 bits per heavy atom. The zero-order valence-electron chi connectivity index (χ0n) is 17.3. The summed E-state index contributed by atoms with van der Waals surface area (Å²) in [5.41, 5.74) is 1.61. The number of carbonyl (C=O) groups excluding carboxylic acids is 2. The summed E-state index contributed by atoms with van der Waals surface area (Å²) in [6.45, 7) is -1.35. The Morgan fingerprint density at radius 1 is 1.28 bits per heavy atom. The molecular weight excluding hydrogens is 449 g/mol. The molecule has 0 bridgehead atoms. The van der Waals surface area contributed by atoms with Gasteiger partial charge in [-0.3, -0.25) is 14.6 Å². The number of amides is 2. The van der Waals surface area contributed by atoms with Gasteiger partial charge in [-0.1, -0.05) is 0 Å². The van der Waals surface area contributed by atoms with Crippen LogP contribution in [0, 0.1) is 0 Å². The number of halogens is 3. The Hall–Kier alpha value is -2.89. The van der Waals surface area contributed by atoms with E-state index in [4.69, 9.17) is 0 Å². The molecule has 2 aromatic rings. The summed E-state index contributed by atoms with van der Waals surface area (Å²) < 4.78 is 61.8. The number of likely N-dealkylation sites (tertiary alicyclic amines) is 1. The fourth-order valence-electron chi connectivity index (χ4n) is 3.79. The lowest BCUT2D eigenvalue weighted by Gasteiger charge is -2.24. The lowest BCUT2D eigenvalue weighted by Crippen LogP contribution is -2.43. The van der Waals surface area contributed by atoms with E-state index in [1.807, 2.05) is 0 Å². The van der Waals surface area contributed by atoms with Gasteiger partial charge in [-0.25, -0.2) is 8.78 Å². The van der Waals surface area contributed by atoms with E-state index >= 15 is 0 Å². The van der Waals surface area contributed by atoms with Crippen molar-refractivity contribution in [2.24, 2.45) is 0 Å². The minimum atomic E-state index is -4.72. The average molecular weight is 472 g/mol. The third kappa shape index (κ3) is 5.87. The van der Waals surface area contributed by atoms with Crippen molar-refractivity contribution >= 4 is 38.6 Å². The quantitative estimate of drug-likeness (QED) is 0.571. The molecule has 2 amide bonds. The Morgan fingerprint density at radius 2 is 2.03 bits per heavy atom. The van der Waals surface area contributed by atoms with Crippen LogP contribution in [0.2, 0.25) is 0 Å². The van der Waals surface area contributed by atoms with Crippen molar-refractivity contribution in [3.05, 3.63) is 36.0 Å². The molecule has 3 rings (SSSR count). The highest BCUT2D eigenvalue weighted by atomic mass is 32.3. The summed E-state index contributed by atoms with van der Waals surface area (Å²) in [6.07, 6.45) is 0.543. The number of anilines is 1. The van der Waals surface area contributed by atoms with Crippen molar-refractivity contribution in [1.82, 2.24) is 15.2 Å². The molecule has 0 radical (unpaired) electrons. The fourth-order valence-corrected chi connectivity index (χ4v) is 4.30. The number of alkyl halides is 2. The summed E-state index contributed by atoms with van der Waals surface area (Å²) >= 11 is 0. The first-order valence-electron chi connectivity index (χ1n) is 9.93. The molecule has 32 heavy (non-hydrogen) atoms. The number of hydrogen-bond donors (Lipinski definition) is 2. The molecule has 12 heteroatoms. The second kappa shape index (κ2) is 9.31. The predicted octanol–water partition coefficient (Wildman–Crippen LogP) is 2.32. The zero-order valence-corrected chi connectivity index (χ0v) is 18.1. The number of pyridine rings is 1. The minimum Gasteiger partial charge on any atom is -0.388 e. The van der Waals surface area contributed by atoms with Crippen molar-refractivity contribution < 1.29 is 30.7 Å². The standard InChI is InChI=1S/C20H23F3N4O4S/c1-24-13-4-5-17-16(9-13)15(6-7-25-17)19(29)26-11-18(28)27-12-20(21,22)10-14(27)3-2-8-32(23,30)31/h4-7,9,14,24H,2-3,8,10-12H2,1H3,(H,26,29). The monoisotopic (exact) mass is 472 g/mol. The molecule has 1 unspecified atom stereocenters. The average Bonchev–Trinajstić information content (AvgIpc) is 3.04. The van der Waals surface area contributed by atoms with Gasteiger partial charge in [-0.05, 0) is 37.1 Å². The number of nitrogens with one attached hydrogen (secondary N) is 2. The minimum absolute atomic E-state index is 0.0831. The van der Waals surface area contributed by atoms with E-state index in [2.05, 4.69) is 15.6 Å². The van der Waals surface area contributed by atoms with Crippen LogP contribution < -0.4 is 10.6 Å². The summed E-state index contributed by atoms with van der Waals surface area (Å²) in [5, 5.41) is 5.97. The molecule has 1 aromatic heterocycles. The summed E-state index contributed by atoms with van der Waals surface area (Å²) in [4.78, 5) is 30.4. The van der Waals surface area contributed by atoms with Crippen LogP contribution in [0.1, 0.15) is 29.6 Å². The third-order valence-corrected chi connectivity index (χ3v) is 6.07. The molecule has 1 atom stereocenters. The second-order valence-corrected chi connectivity index (χ2v) is 9.13. The highest BCUT2D eigenvalue weighted by molar-refractivity contribution is 7.86. The Bertz CT molecular complexity index is 1130. The smallest absolute Gasteiger partial charge is 0.302 e. The predicted molar refractivity (Wildman–Crippen MR) is 113 cm³/mol. The summed E-state index contributed by atoms with van der Waals surface area (Å²) in [5.74, 6) is -5.22. The molecule has 2 N–H and O–H groups in total. The van der Waals surface area contributed by atoms with Gasteiger partial charge >= 0.3 is 10.2 Å². The van der Waals surface area contributed by atoms with E-state index in [0.29, 0.717) is 10.9 Å². The first kappa shape index (κ1) is 23.8. The first-order chi connectivity index (χ1) is 15.0. The highest BCUT2D eigenvalue weighted by Crippen LogP contribution is 2.34. The maximum Gasteiger partial charge on any atom is 0.302 e. The highest BCUT2D eigenvalue weighted by Gasteiger charge is 2.46. The van der Waals surface area contributed by atoms with Gasteiger partial charge in [0, 0.05) is 36.8 Å². The molecule has 8 nitrogen and oxygen atoms in total.